The van der Waals surface area contributed by atoms with Crippen LogP contribution in [0.25, 0.3) is 0 Å². The average molecular weight is 290 g/mol. The predicted octanol–water partition coefficient (Wildman–Crippen LogP) is 4.18. The lowest BCUT2D eigenvalue weighted by molar-refractivity contribution is 0.447. The van der Waals surface area contributed by atoms with Gasteiger partial charge in [-0.05, 0) is 40.3 Å². The van der Waals surface area contributed by atoms with Gasteiger partial charge in [0.1, 0.15) is 0 Å². The zero-order chi connectivity index (χ0) is 11.5. The van der Waals surface area contributed by atoms with E-state index in [4.69, 9.17) is 0 Å². The molecule has 0 bridgehead atoms. The minimum absolute atomic E-state index is 0.259. The molecule has 1 heterocycles. The maximum Gasteiger partial charge on any atom is 0.0319 e. The molecule has 0 saturated heterocycles. The van der Waals surface area contributed by atoms with Crippen molar-refractivity contribution in [3.05, 3.63) is 20.8 Å². The molecule has 1 aromatic heterocycles. The van der Waals surface area contributed by atoms with Crippen LogP contribution in [0.1, 0.15) is 39.0 Å². The first-order chi connectivity index (χ1) is 6.93. The molecule has 86 valence electrons. The summed E-state index contributed by atoms with van der Waals surface area (Å²) in [5, 5.41) is 5.62. The summed E-state index contributed by atoms with van der Waals surface area (Å²) in [7, 11) is 0. The lowest BCUT2D eigenvalue weighted by Crippen LogP contribution is -2.29. The van der Waals surface area contributed by atoms with Crippen LogP contribution in [0, 0.1) is 0 Å². The van der Waals surface area contributed by atoms with Crippen LogP contribution in [0.2, 0.25) is 0 Å². The number of rotatable bonds is 5. The molecule has 1 nitrogen and oxygen atoms in total. The van der Waals surface area contributed by atoms with Crippen molar-refractivity contribution in [3.63, 3.8) is 0 Å². The average Bonchev–Trinajstić information content (AvgIpc) is 2.50. The largest absolute Gasteiger partial charge is 0.315 e. The molecule has 0 aromatic carbocycles. The van der Waals surface area contributed by atoms with Crippen molar-refractivity contribution in [2.45, 2.75) is 45.6 Å². The van der Waals surface area contributed by atoms with Crippen LogP contribution in [0.3, 0.4) is 0 Å². The van der Waals surface area contributed by atoms with Crippen molar-refractivity contribution in [2.24, 2.45) is 0 Å². The van der Waals surface area contributed by atoms with Gasteiger partial charge in [-0.2, -0.15) is 0 Å². The van der Waals surface area contributed by atoms with Gasteiger partial charge < -0.3 is 5.32 Å². The Bertz CT molecular complexity index is 304. The standard InChI is InChI=1S/C12H20BrNS/c1-9(2)14-7-6-12(3,4)11-10(13)5-8-15-11/h5,8-9,14H,6-7H2,1-4H3. The van der Waals surface area contributed by atoms with E-state index in [2.05, 4.69) is 60.4 Å². The Hall–Kier alpha value is 0.140. The zero-order valence-corrected chi connectivity index (χ0v) is 12.3. The summed E-state index contributed by atoms with van der Waals surface area (Å²) in [5.74, 6) is 0. The SMILES string of the molecule is CC(C)NCCC(C)(C)c1sccc1Br. The molecular weight excluding hydrogens is 270 g/mol. The molecule has 0 saturated carbocycles. The van der Waals surface area contributed by atoms with Crippen molar-refractivity contribution in [1.29, 1.82) is 0 Å². The Morgan fingerprint density at radius 1 is 1.47 bits per heavy atom. The van der Waals surface area contributed by atoms with E-state index >= 15 is 0 Å². The van der Waals surface area contributed by atoms with Gasteiger partial charge in [0.2, 0.25) is 0 Å². The van der Waals surface area contributed by atoms with E-state index in [1.807, 2.05) is 11.3 Å². The Labute approximate surface area is 105 Å². The number of hydrogen-bond donors (Lipinski definition) is 1. The highest BCUT2D eigenvalue weighted by atomic mass is 79.9. The fourth-order valence-corrected chi connectivity index (χ4v) is 3.63. The van der Waals surface area contributed by atoms with Gasteiger partial charge >= 0.3 is 0 Å². The van der Waals surface area contributed by atoms with E-state index < -0.39 is 0 Å². The maximum atomic E-state index is 3.61. The first kappa shape index (κ1) is 13.2. The molecular formula is C12H20BrNS. The van der Waals surface area contributed by atoms with Gasteiger partial charge in [-0.1, -0.05) is 27.7 Å². The summed E-state index contributed by atoms with van der Waals surface area (Å²) < 4.78 is 1.25. The molecule has 0 aliphatic rings. The second-order valence-electron chi connectivity index (χ2n) is 4.84. The summed E-state index contributed by atoms with van der Waals surface area (Å²) >= 11 is 5.45. The smallest absolute Gasteiger partial charge is 0.0319 e. The Morgan fingerprint density at radius 3 is 2.60 bits per heavy atom. The quantitative estimate of drug-likeness (QED) is 0.858. The molecule has 0 unspecified atom stereocenters. The van der Waals surface area contributed by atoms with Gasteiger partial charge in [0.25, 0.3) is 0 Å². The Morgan fingerprint density at radius 2 is 2.13 bits per heavy atom. The summed E-state index contributed by atoms with van der Waals surface area (Å²) in [6.45, 7) is 10.1. The van der Waals surface area contributed by atoms with Crippen molar-refractivity contribution < 1.29 is 0 Å². The van der Waals surface area contributed by atoms with Gasteiger partial charge in [0.05, 0.1) is 0 Å². The second kappa shape index (κ2) is 5.46. The van der Waals surface area contributed by atoms with E-state index in [9.17, 15) is 0 Å². The van der Waals surface area contributed by atoms with Crippen LogP contribution in [0.4, 0.5) is 0 Å². The van der Waals surface area contributed by atoms with E-state index in [1.54, 1.807) is 0 Å². The van der Waals surface area contributed by atoms with Gasteiger partial charge in [0, 0.05) is 20.8 Å². The maximum absolute atomic E-state index is 3.61. The predicted molar refractivity (Wildman–Crippen MR) is 72.8 cm³/mol. The first-order valence-electron chi connectivity index (χ1n) is 5.40. The van der Waals surface area contributed by atoms with Crippen molar-refractivity contribution in [2.75, 3.05) is 6.54 Å². The summed E-state index contributed by atoms with van der Waals surface area (Å²) in [6, 6.07) is 2.71. The molecule has 0 spiro atoms. The molecule has 0 amide bonds. The lowest BCUT2D eigenvalue weighted by atomic mass is 9.87. The lowest BCUT2D eigenvalue weighted by Gasteiger charge is -2.24. The fourth-order valence-electron chi connectivity index (χ4n) is 1.56. The molecule has 0 atom stereocenters. The molecule has 0 fully saturated rings. The number of thiophene rings is 1. The summed E-state index contributed by atoms with van der Waals surface area (Å²) in [6.07, 6.45) is 1.17. The monoisotopic (exact) mass is 289 g/mol. The van der Waals surface area contributed by atoms with E-state index in [0.717, 1.165) is 6.54 Å². The van der Waals surface area contributed by atoms with Gasteiger partial charge in [-0.15, -0.1) is 11.3 Å². The normalized spacial score (nSPS) is 12.4. The molecule has 1 rings (SSSR count). The minimum Gasteiger partial charge on any atom is -0.315 e. The molecule has 1 aromatic rings. The van der Waals surface area contributed by atoms with Crippen LogP contribution in [0.5, 0.6) is 0 Å². The number of hydrogen-bond acceptors (Lipinski definition) is 2. The van der Waals surface area contributed by atoms with Crippen LogP contribution < -0.4 is 5.32 Å². The molecule has 3 heteroatoms. The number of halogens is 1. The highest BCUT2D eigenvalue weighted by molar-refractivity contribution is 9.10. The molecule has 1 N–H and O–H groups in total. The molecule has 0 radical (unpaired) electrons. The van der Waals surface area contributed by atoms with Gasteiger partial charge in [-0.25, -0.2) is 0 Å². The van der Waals surface area contributed by atoms with E-state index in [0.29, 0.717) is 6.04 Å². The number of nitrogens with one attached hydrogen (secondary N) is 1. The van der Waals surface area contributed by atoms with Gasteiger partial charge in [0.15, 0.2) is 0 Å². The third-order valence-corrected chi connectivity index (χ3v) is 4.74. The minimum atomic E-state index is 0.259. The van der Waals surface area contributed by atoms with Crippen LogP contribution in [0.15, 0.2) is 15.9 Å². The van der Waals surface area contributed by atoms with Crippen molar-refractivity contribution in [1.82, 2.24) is 5.32 Å². The van der Waals surface area contributed by atoms with Crippen molar-refractivity contribution in [3.8, 4) is 0 Å². The third kappa shape index (κ3) is 3.89. The van der Waals surface area contributed by atoms with Crippen molar-refractivity contribution >= 4 is 27.3 Å². The van der Waals surface area contributed by atoms with E-state index in [-0.39, 0.29) is 5.41 Å². The third-order valence-electron chi connectivity index (χ3n) is 2.53. The molecule has 0 aliphatic carbocycles. The second-order valence-corrected chi connectivity index (χ2v) is 6.61. The van der Waals surface area contributed by atoms with E-state index in [1.165, 1.54) is 15.8 Å². The van der Waals surface area contributed by atoms with Crippen LogP contribution in [-0.2, 0) is 5.41 Å². The highest BCUT2D eigenvalue weighted by Crippen LogP contribution is 2.36. The fraction of sp³-hybridized carbons (Fsp3) is 0.667. The Kier molecular flexibility index (Phi) is 4.81. The Balaban J connectivity index is 2.56. The van der Waals surface area contributed by atoms with Crippen LogP contribution >= 0.6 is 27.3 Å². The zero-order valence-electron chi connectivity index (χ0n) is 9.93. The summed E-state index contributed by atoms with van der Waals surface area (Å²) in [4.78, 5) is 1.45. The topological polar surface area (TPSA) is 12.0 Å². The highest BCUT2D eigenvalue weighted by Gasteiger charge is 2.23. The molecule has 15 heavy (non-hydrogen) atoms. The molecule has 0 aliphatic heterocycles. The van der Waals surface area contributed by atoms with Gasteiger partial charge in [-0.3, -0.25) is 0 Å². The first-order valence-corrected chi connectivity index (χ1v) is 7.07. The summed E-state index contributed by atoms with van der Waals surface area (Å²) in [5.41, 5.74) is 0.259. The van der Waals surface area contributed by atoms with Crippen LogP contribution in [-0.4, -0.2) is 12.6 Å².